The fourth-order valence-electron chi connectivity index (χ4n) is 1.49. The van der Waals surface area contributed by atoms with E-state index in [0.717, 1.165) is 11.1 Å². The lowest BCUT2D eigenvalue weighted by Crippen LogP contribution is -2.21. The first-order valence-corrected chi connectivity index (χ1v) is 5.23. The molecule has 0 spiro atoms. The van der Waals surface area contributed by atoms with E-state index in [-0.39, 0.29) is 0 Å². The van der Waals surface area contributed by atoms with E-state index in [1.807, 2.05) is 10.8 Å². The topological polar surface area (TPSA) is 47.7 Å². The SMILES string of the molecule is FC(F)n1ccnc1CNCCn1ccnc1. The van der Waals surface area contributed by atoms with Gasteiger partial charge in [0.05, 0.1) is 12.9 Å². The van der Waals surface area contributed by atoms with Crippen LogP contribution in [-0.2, 0) is 13.1 Å². The third-order valence-corrected chi connectivity index (χ3v) is 2.35. The molecule has 0 aliphatic rings. The Hall–Kier alpha value is -1.76. The monoisotopic (exact) mass is 241 g/mol. The van der Waals surface area contributed by atoms with Gasteiger partial charge in [0.2, 0.25) is 0 Å². The predicted octanol–water partition coefficient (Wildman–Crippen LogP) is 1.26. The normalized spacial score (nSPS) is 11.2. The van der Waals surface area contributed by atoms with Crippen LogP contribution in [0, 0.1) is 0 Å². The first-order chi connectivity index (χ1) is 8.27. The Balaban J connectivity index is 1.76. The van der Waals surface area contributed by atoms with Gasteiger partial charge in [-0.05, 0) is 0 Å². The molecule has 2 aromatic rings. The molecule has 0 saturated heterocycles. The molecular weight excluding hydrogens is 228 g/mol. The second-order valence-electron chi connectivity index (χ2n) is 3.51. The number of alkyl halides is 2. The van der Waals surface area contributed by atoms with Crippen LogP contribution in [0.25, 0.3) is 0 Å². The first kappa shape index (κ1) is 11.7. The van der Waals surface area contributed by atoms with Crippen molar-refractivity contribution in [2.45, 2.75) is 19.6 Å². The smallest absolute Gasteiger partial charge is 0.319 e. The Morgan fingerprint density at radius 3 is 2.88 bits per heavy atom. The minimum atomic E-state index is -2.54. The molecule has 0 atom stereocenters. The summed E-state index contributed by atoms with van der Waals surface area (Å²) in [5, 5.41) is 3.06. The Kier molecular flexibility index (Phi) is 3.81. The standard InChI is InChI=1S/C10H13F2N5/c11-10(12)17-6-3-15-9(17)7-13-1-4-16-5-2-14-8-16/h2-3,5-6,8,10,13H,1,4,7H2. The molecule has 0 aromatic carbocycles. The summed E-state index contributed by atoms with van der Waals surface area (Å²) in [6.07, 6.45) is 7.91. The number of nitrogens with one attached hydrogen (secondary N) is 1. The second-order valence-corrected chi connectivity index (χ2v) is 3.51. The molecule has 0 saturated carbocycles. The molecule has 17 heavy (non-hydrogen) atoms. The number of halogens is 2. The molecule has 0 amide bonds. The van der Waals surface area contributed by atoms with Crippen LogP contribution in [0.2, 0.25) is 0 Å². The highest BCUT2D eigenvalue weighted by Crippen LogP contribution is 2.11. The van der Waals surface area contributed by atoms with Gasteiger partial charge in [-0.3, -0.25) is 4.57 Å². The van der Waals surface area contributed by atoms with E-state index < -0.39 is 6.55 Å². The van der Waals surface area contributed by atoms with Crippen molar-refractivity contribution in [2.75, 3.05) is 6.54 Å². The molecule has 1 N–H and O–H groups in total. The quantitative estimate of drug-likeness (QED) is 0.775. The molecule has 5 nitrogen and oxygen atoms in total. The van der Waals surface area contributed by atoms with Crippen molar-refractivity contribution in [1.82, 2.24) is 24.4 Å². The van der Waals surface area contributed by atoms with Crippen LogP contribution < -0.4 is 5.32 Å². The van der Waals surface area contributed by atoms with Gasteiger partial charge in [0.25, 0.3) is 0 Å². The highest BCUT2D eigenvalue weighted by atomic mass is 19.3. The Morgan fingerprint density at radius 1 is 1.29 bits per heavy atom. The average Bonchev–Trinajstić information content (AvgIpc) is 2.95. The van der Waals surface area contributed by atoms with E-state index in [9.17, 15) is 8.78 Å². The molecule has 0 bridgehead atoms. The minimum Gasteiger partial charge on any atom is -0.336 e. The summed E-state index contributed by atoms with van der Waals surface area (Å²) in [5.74, 6) is 0.339. The first-order valence-electron chi connectivity index (χ1n) is 5.23. The molecule has 0 aliphatic carbocycles. The van der Waals surface area contributed by atoms with Crippen molar-refractivity contribution >= 4 is 0 Å². The van der Waals surface area contributed by atoms with Gasteiger partial charge < -0.3 is 9.88 Å². The number of hydrogen-bond acceptors (Lipinski definition) is 3. The van der Waals surface area contributed by atoms with Gasteiger partial charge in [0.15, 0.2) is 0 Å². The van der Waals surface area contributed by atoms with Crippen LogP contribution in [-0.4, -0.2) is 25.6 Å². The maximum Gasteiger partial charge on any atom is 0.319 e. The molecular formula is C10H13F2N5. The Morgan fingerprint density at radius 2 is 2.18 bits per heavy atom. The minimum absolute atomic E-state index is 0.325. The molecule has 0 aliphatic heterocycles. The number of imidazole rings is 2. The summed E-state index contributed by atoms with van der Waals surface area (Å²) in [5.41, 5.74) is 0. The van der Waals surface area contributed by atoms with Crippen molar-refractivity contribution in [2.24, 2.45) is 0 Å². The summed E-state index contributed by atoms with van der Waals surface area (Å²) in [6.45, 7) is -0.795. The van der Waals surface area contributed by atoms with Gasteiger partial charge in [-0.25, -0.2) is 9.97 Å². The summed E-state index contributed by atoms with van der Waals surface area (Å²) >= 11 is 0. The molecule has 0 unspecified atom stereocenters. The highest BCUT2D eigenvalue weighted by molar-refractivity contribution is 4.92. The van der Waals surface area contributed by atoms with E-state index in [4.69, 9.17) is 0 Å². The zero-order valence-corrected chi connectivity index (χ0v) is 9.13. The summed E-state index contributed by atoms with van der Waals surface area (Å²) in [7, 11) is 0. The molecule has 0 radical (unpaired) electrons. The van der Waals surface area contributed by atoms with Gasteiger partial charge in [0.1, 0.15) is 5.82 Å². The van der Waals surface area contributed by atoms with E-state index in [1.54, 1.807) is 12.5 Å². The van der Waals surface area contributed by atoms with Crippen molar-refractivity contribution in [3.05, 3.63) is 36.9 Å². The number of nitrogens with zero attached hydrogens (tertiary/aromatic N) is 4. The molecule has 7 heteroatoms. The molecule has 2 rings (SSSR count). The average molecular weight is 241 g/mol. The highest BCUT2D eigenvalue weighted by Gasteiger charge is 2.10. The van der Waals surface area contributed by atoms with Crippen molar-refractivity contribution in [3.63, 3.8) is 0 Å². The molecule has 0 fully saturated rings. The van der Waals surface area contributed by atoms with Gasteiger partial charge in [0, 0.05) is 37.9 Å². The van der Waals surface area contributed by atoms with Gasteiger partial charge in [-0.1, -0.05) is 0 Å². The summed E-state index contributed by atoms with van der Waals surface area (Å²) in [6, 6.07) is 0. The largest absolute Gasteiger partial charge is 0.336 e. The lowest BCUT2D eigenvalue weighted by molar-refractivity contribution is 0.0666. The maximum absolute atomic E-state index is 12.5. The van der Waals surface area contributed by atoms with Crippen molar-refractivity contribution < 1.29 is 8.78 Å². The predicted molar refractivity (Wildman–Crippen MR) is 57.4 cm³/mol. The van der Waals surface area contributed by atoms with Crippen LogP contribution in [0.3, 0.4) is 0 Å². The number of aromatic nitrogens is 4. The lowest BCUT2D eigenvalue weighted by Gasteiger charge is -2.07. The maximum atomic E-state index is 12.5. The summed E-state index contributed by atoms with van der Waals surface area (Å²) in [4.78, 5) is 7.78. The fraction of sp³-hybridized carbons (Fsp3) is 0.400. The Bertz CT molecular complexity index is 437. The van der Waals surface area contributed by atoms with E-state index in [0.29, 0.717) is 18.9 Å². The van der Waals surface area contributed by atoms with Crippen LogP contribution >= 0.6 is 0 Å². The van der Waals surface area contributed by atoms with Gasteiger partial charge in [-0.2, -0.15) is 8.78 Å². The van der Waals surface area contributed by atoms with Gasteiger partial charge in [-0.15, -0.1) is 0 Å². The Labute approximate surface area is 97.1 Å². The van der Waals surface area contributed by atoms with Crippen LogP contribution in [0.5, 0.6) is 0 Å². The van der Waals surface area contributed by atoms with Crippen molar-refractivity contribution in [3.8, 4) is 0 Å². The third-order valence-electron chi connectivity index (χ3n) is 2.35. The lowest BCUT2D eigenvalue weighted by atomic mass is 10.5. The zero-order chi connectivity index (χ0) is 12.1. The van der Waals surface area contributed by atoms with Crippen LogP contribution in [0.15, 0.2) is 31.1 Å². The van der Waals surface area contributed by atoms with Crippen molar-refractivity contribution in [1.29, 1.82) is 0 Å². The fourth-order valence-corrected chi connectivity index (χ4v) is 1.49. The molecule has 92 valence electrons. The third kappa shape index (κ3) is 3.10. The van der Waals surface area contributed by atoms with E-state index in [1.165, 1.54) is 12.4 Å². The van der Waals surface area contributed by atoms with Crippen LogP contribution in [0.1, 0.15) is 12.4 Å². The number of hydrogen-bond donors (Lipinski definition) is 1. The summed E-state index contributed by atoms with van der Waals surface area (Å²) < 4.78 is 27.7. The number of rotatable bonds is 6. The van der Waals surface area contributed by atoms with E-state index >= 15 is 0 Å². The molecule has 2 heterocycles. The molecule has 2 aromatic heterocycles. The zero-order valence-electron chi connectivity index (χ0n) is 9.13. The van der Waals surface area contributed by atoms with Gasteiger partial charge >= 0.3 is 6.55 Å². The van der Waals surface area contributed by atoms with E-state index in [2.05, 4.69) is 15.3 Å². The second kappa shape index (κ2) is 5.53. The van der Waals surface area contributed by atoms with Crippen LogP contribution in [0.4, 0.5) is 8.78 Å².